The van der Waals surface area contributed by atoms with Crippen LogP contribution in [-0.2, 0) is 0 Å². The van der Waals surface area contributed by atoms with Crippen LogP contribution in [0.1, 0.15) is 0 Å². The van der Waals surface area contributed by atoms with Gasteiger partial charge in [-0.3, -0.25) is 4.90 Å². The van der Waals surface area contributed by atoms with E-state index in [1.165, 1.54) is 5.06 Å². The summed E-state index contributed by atoms with van der Waals surface area (Å²) in [4.78, 5) is 2.10. The number of hydrogen-bond donors (Lipinski definition) is 2. The normalized spacial score (nSPS) is 31.5. The van der Waals surface area contributed by atoms with Crippen LogP contribution in [-0.4, -0.2) is 71.6 Å². The van der Waals surface area contributed by atoms with Gasteiger partial charge in [0.25, 0.3) is 0 Å². The van der Waals surface area contributed by atoms with Gasteiger partial charge in [0.2, 0.25) is 0 Å². The van der Waals surface area contributed by atoms with Crippen molar-refractivity contribution >= 4 is 6.21 Å². The highest BCUT2D eigenvalue weighted by atomic mass is 16.5. The van der Waals surface area contributed by atoms with Gasteiger partial charge in [-0.05, 0) is 0 Å². The predicted octanol–water partition coefficient (Wildman–Crippen LogP) is -1.50. The van der Waals surface area contributed by atoms with Crippen LogP contribution < -0.4 is 5.32 Å². The van der Waals surface area contributed by atoms with Crippen molar-refractivity contribution in [1.29, 1.82) is 0 Å². The van der Waals surface area contributed by atoms with Crippen LogP contribution >= 0.6 is 0 Å². The second-order valence-corrected chi connectivity index (χ2v) is 3.67. The molecule has 0 saturated carbocycles. The minimum Gasteiger partial charge on any atom is -0.624 e. The molecule has 0 aromatic rings. The van der Waals surface area contributed by atoms with E-state index in [0.29, 0.717) is 26.2 Å². The van der Waals surface area contributed by atoms with Crippen molar-refractivity contribution in [1.82, 2.24) is 15.3 Å². The summed E-state index contributed by atoms with van der Waals surface area (Å²) in [5.74, 6) is 0. The van der Waals surface area contributed by atoms with E-state index in [9.17, 15) is 10.4 Å². The minimum absolute atomic E-state index is 0.00806. The van der Waals surface area contributed by atoms with E-state index < -0.39 is 0 Å². The number of hydroxylamine groups is 3. The van der Waals surface area contributed by atoms with E-state index in [-0.39, 0.29) is 6.17 Å². The van der Waals surface area contributed by atoms with Gasteiger partial charge in [0.15, 0.2) is 12.8 Å². The molecule has 2 rings (SSSR count). The molecular formula is C8H16N4O2. The molecule has 2 aliphatic rings. The highest BCUT2D eigenvalue weighted by molar-refractivity contribution is 5.54. The second-order valence-electron chi connectivity index (χ2n) is 3.67. The van der Waals surface area contributed by atoms with Gasteiger partial charge in [-0.15, -0.1) is 0 Å². The fourth-order valence-electron chi connectivity index (χ4n) is 1.87. The third-order valence-corrected chi connectivity index (χ3v) is 2.74. The molecule has 0 radical (unpaired) electrons. The first-order valence-electron chi connectivity index (χ1n) is 4.95. The molecule has 1 fully saturated rings. The topological polar surface area (TPSA) is 64.8 Å². The quantitative estimate of drug-likeness (QED) is 0.398. The van der Waals surface area contributed by atoms with Crippen molar-refractivity contribution in [3.8, 4) is 0 Å². The Hall–Kier alpha value is -0.690. The Morgan fingerprint density at radius 3 is 3.00 bits per heavy atom. The largest absolute Gasteiger partial charge is 0.624 e. The van der Waals surface area contributed by atoms with Crippen LogP contribution in [0, 0.1) is 5.21 Å². The fourth-order valence-corrected chi connectivity index (χ4v) is 1.87. The van der Waals surface area contributed by atoms with E-state index in [0.717, 1.165) is 17.8 Å². The van der Waals surface area contributed by atoms with E-state index in [1.54, 1.807) is 6.21 Å². The van der Waals surface area contributed by atoms with Crippen LogP contribution in [0.4, 0.5) is 0 Å². The first-order valence-corrected chi connectivity index (χ1v) is 4.95. The molecular weight excluding hydrogens is 184 g/mol. The van der Waals surface area contributed by atoms with Gasteiger partial charge in [-0.1, -0.05) is 0 Å². The van der Waals surface area contributed by atoms with Gasteiger partial charge < -0.3 is 15.7 Å². The van der Waals surface area contributed by atoms with Crippen LogP contribution in [0.25, 0.3) is 0 Å². The monoisotopic (exact) mass is 200 g/mol. The summed E-state index contributed by atoms with van der Waals surface area (Å²) in [5, 5.41) is 25.1. The van der Waals surface area contributed by atoms with E-state index in [4.69, 9.17) is 0 Å². The minimum atomic E-state index is 0.00806. The lowest BCUT2D eigenvalue weighted by atomic mass is 10.3. The molecule has 0 spiro atoms. The zero-order valence-electron chi connectivity index (χ0n) is 8.09. The molecule has 6 nitrogen and oxygen atoms in total. The number of piperazine rings is 1. The van der Waals surface area contributed by atoms with Crippen molar-refractivity contribution in [2.24, 2.45) is 0 Å². The molecule has 0 bridgehead atoms. The van der Waals surface area contributed by atoms with Gasteiger partial charge in [-0.2, -0.15) is 5.06 Å². The molecule has 0 aliphatic carbocycles. The summed E-state index contributed by atoms with van der Waals surface area (Å²) in [6.07, 6.45) is 1.63. The summed E-state index contributed by atoms with van der Waals surface area (Å²) in [5.41, 5.74) is 0. The molecule has 14 heavy (non-hydrogen) atoms. The molecule has 2 N–H and O–H groups in total. The first-order chi connectivity index (χ1) is 6.77. The maximum atomic E-state index is 10.9. The number of rotatable bonds is 1. The highest BCUT2D eigenvalue weighted by Gasteiger charge is 2.28. The Morgan fingerprint density at radius 1 is 1.50 bits per heavy atom. The predicted molar refractivity (Wildman–Crippen MR) is 51.3 cm³/mol. The van der Waals surface area contributed by atoms with E-state index in [1.807, 2.05) is 0 Å². The zero-order valence-corrected chi connectivity index (χ0v) is 8.09. The standard InChI is InChI=1S/C8H16N4O2/c13-11-5-3-10(4-6-11)8-7-9-1-2-12(8)14/h5,8-9,14H,1-4,6-7H2. The van der Waals surface area contributed by atoms with E-state index in [2.05, 4.69) is 10.2 Å². The summed E-state index contributed by atoms with van der Waals surface area (Å²) in [7, 11) is 0. The highest BCUT2D eigenvalue weighted by Crippen LogP contribution is 2.07. The smallest absolute Gasteiger partial charge is 0.165 e. The van der Waals surface area contributed by atoms with Gasteiger partial charge >= 0.3 is 0 Å². The number of hydrogen-bond acceptors (Lipinski definition) is 5. The Kier molecular flexibility index (Phi) is 2.97. The van der Waals surface area contributed by atoms with Crippen LogP contribution in [0.3, 0.4) is 0 Å². The van der Waals surface area contributed by atoms with Gasteiger partial charge in [0.1, 0.15) is 0 Å². The van der Waals surface area contributed by atoms with Crippen LogP contribution in [0.15, 0.2) is 0 Å². The summed E-state index contributed by atoms with van der Waals surface area (Å²) in [6, 6.07) is 0. The molecule has 0 aromatic carbocycles. The lowest BCUT2D eigenvalue weighted by Gasteiger charge is -2.39. The lowest BCUT2D eigenvalue weighted by molar-refractivity contribution is -0.462. The molecule has 2 heterocycles. The Labute approximate surface area is 83.0 Å². The average Bonchev–Trinajstić information content (AvgIpc) is 2.20. The fraction of sp³-hybridized carbons (Fsp3) is 0.875. The molecule has 2 aliphatic heterocycles. The molecule has 1 atom stereocenters. The Morgan fingerprint density at radius 2 is 2.36 bits per heavy atom. The average molecular weight is 200 g/mol. The third kappa shape index (κ3) is 2.03. The van der Waals surface area contributed by atoms with Crippen molar-refractivity contribution in [3.05, 3.63) is 5.21 Å². The van der Waals surface area contributed by atoms with Gasteiger partial charge in [-0.25, -0.2) is 4.74 Å². The number of nitrogens with zero attached hydrogens (tertiary/aromatic N) is 3. The molecule has 80 valence electrons. The van der Waals surface area contributed by atoms with Gasteiger partial charge in [0.05, 0.1) is 19.3 Å². The Bertz CT molecular complexity index is 233. The zero-order chi connectivity index (χ0) is 9.97. The lowest BCUT2D eigenvalue weighted by Crippen LogP contribution is -2.60. The van der Waals surface area contributed by atoms with Crippen LogP contribution in [0.5, 0.6) is 0 Å². The molecule has 6 heteroatoms. The van der Waals surface area contributed by atoms with Crippen LogP contribution in [0.2, 0.25) is 0 Å². The third-order valence-electron chi connectivity index (χ3n) is 2.74. The maximum Gasteiger partial charge on any atom is 0.165 e. The Balaban J connectivity index is 1.94. The summed E-state index contributed by atoms with van der Waals surface area (Å²) < 4.78 is 0.953. The molecule has 0 aromatic heterocycles. The molecule has 1 unspecified atom stereocenters. The van der Waals surface area contributed by atoms with Gasteiger partial charge in [0, 0.05) is 19.6 Å². The maximum absolute atomic E-state index is 10.9. The SMILES string of the molecule is [O-][N+]1=CCN(C2CNCCN2O)CC1. The summed E-state index contributed by atoms with van der Waals surface area (Å²) in [6.45, 7) is 4.03. The van der Waals surface area contributed by atoms with Crippen molar-refractivity contribution in [2.45, 2.75) is 6.17 Å². The van der Waals surface area contributed by atoms with Crippen molar-refractivity contribution in [2.75, 3.05) is 39.3 Å². The van der Waals surface area contributed by atoms with Crippen molar-refractivity contribution in [3.63, 3.8) is 0 Å². The first kappa shape index (κ1) is 9.85. The second kappa shape index (κ2) is 4.22. The molecule has 1 saturated heterocycles. The number of nitrogens with one attached hydrogen (secondary N) is 1. The van der Waals surface area contributed by atoms with E-state index >= 15 is 0 Å². The van der Waals surface area contributed by atoms with Crippen molar-refractivity contribution < 1.29 is 9.95 Å². The summed E-state index contributed by atoms with van der Waals surface area (Å²) >= 11 is 0. The molecule has 0 amide bonds.